The fourth-order valence-corrected chi connectivity index (χ4v) is 2.39. The van der Waals surface area contributed by atoms with E-state index in [2.05, 4.69) is 21.4 Å². The summed E-state index contributed by atoms with van der Waals surface area (Å²) in [6.07, 6.45) is 10.2. The van der Waals surface area contributed by atoms with Gasteiger partial charge in [-0.15, -0.1) is 6.42 Å². The Morgan fingerprint density at radius 2 is 2.20 bits per heavy atom. The second kappa shape index (κ2) is 7.95. The van der Waals surface area contributed by atoms with Crippen LogP contribution >= 0.6 is 0 Å². The number of para-hydroxylation sites is 1. The maximum Gasteiger partial charge on any atom is 0.248 e. The molecular formula is C20H17N3O2. The Bertz CT molecular complexity index is 951. The minimum atomic E-state index is -0.214. The van der Waals surface area contributed by atoms with E-state index in [1.807, 2.05) is 42.5 Å². The number of nitrogens with zero attached hydrogens (tertiary/aromatic N) is 1. The van der Waals surface area contributed by atoms with E-state index in [-0.39, 0.29) is 12.5 Å². The fraction of sp³-hybridized carbons (Fsp3) is 0.100. The number of fused-ring (bicyclic) bond motifs is 1. The van der Waals surface area contributed by atoms with Gasteiger partial charge in [-0.3, -0.25) is 9.89 Å². The molecule has 5 nitrogen and oxygen atoms in total. The SMILES string of the molecule is C#CCOCc1ccccc1NC(=O)/C=C/c1ccc2cn[nH]c2c1. The minimum absolute atomic E-state index is 0.214. The van der Waals surface area contributed by atoms with Crippen molar-refractivity contribution in [2.75, 3.05) is 11.9 Å². The van der Waals surface area contributed by atoms with E-state index in [4.69, 9.17) is 11.2 Å². The normalized spacial score (nSPS) is 10.8. The van der Waals surface area contributed by atoms with Crippen molar-refractivity contribution in [2.24, 2.45) is 0 Å². The molecule has 0 aliphatic rings. The van der Waals surface area contributed by atoms with E-state index in [9.17, 15) is 4.79 Å². The lowest BCUT2D eigenvalue weighted by atomic mass is 10.1. The van der Waals surface area contributed by atoms with Crippen molar-refractivity contribution in [1.82, 2.24) is 10.2 Å². The fourth-order valence-electron chi connectivity index (χ4n) is 2.39. The highest BCUT2D eigenvalue weighted by Crippen LogP contribution is 2.17. The van der Waals surface area contributed by atoms with Crippen LogP contribution in [0.4, 0.5) is 5.69 Å². The third-order valence-corrected chi connectivity index (χ3v) is 3.61. The molecule has 0 saturated carbocycles. The van der Waals surface area contributed by atoms with Crippen LogP contribution in [0.3, 0.4) is 0 Å². The van der Waals surface area contributed by atoms with E-state index in [0.717, 1.165) is 22.0 Å². The second-order valence-corrected chi connectivity index (χ2v) is 5.39. The zero-order valence-corrected chi connectivity index (χ0v) is 13.5. The number of aromatic amines is 1. The number of carbonyl (C=O) groups is 1. The van der Waals surface area contributed by atoms with Crippen molar-refractivity contribution in [3.8, 4) is 12.3 Å². The van der Waals surface area contributed by atoms with Crippen molar-refractivity contribution in [2.45, 2.75) is 6.61 Å². The Labute approximate surface area is 145 Å². The molecule has 1 amide bonds. The number of anilines is 1. The number of terminal acetylenes is 1. The molecule has 1 aromatic heterocycles. The molecule has 3 aromatic rings. The van der Waals surface area contributed by atoms with Gasteiger partial charge in [0, 0.05) is 22.7 Å². The Morgan fingerprint density at radius 1 is 1.32 bits per heavy atom. The van der Waals surface area contributed by atoms with Crippen molar-refractivity contribution < 1.29 is 9.53 Å². The number of rotatable bonds is 6. The number of aromatic nitrogens is 2. The molecule has 0 unspecified atom stereocenters. The molecule has 3 rings (SSSR count). The summed E-state index contributed by atoms with van der Waals surface area (Å²) in [5.41, 5.74) is 3.42. The molecule has 2 N–H and O–H groups in total. The van der Waals surface area contributed by atoms with E-state index < -0.39 is 0 Å². The van der Waals surface area contributed by atoms with Crippen molar-refractivity contribution in [1.29, 1.82) is 0 Å². The number of hydrogen-bond donors (Lipinski definition) is 2. The van der Waals surface area contributed by atoms with Crippen molar-refractivity contribution in [3.05, 3.63) is 65.9 Å². The molecular weight excluding hydrogens is 314 g/mol. The zero-order chi connectivity index (χ0) is 17.5. The van der Waals surface area contributed by atoms with Gasteiger partial charge in [-0.1, -0.05) is 36.3 Å². The van der Waals surface area contributed by atoms with Crippen LogP contribution in [-0.4, -0.2) is 22.7 Å². The Morgan fingerprint density at radius 3 is 3.08 bits per heavy atom. The van der Waals surface area contributed by atoms with Gasteiger partial charge in [0.15, 0.2) is 0 Å². The largest absolute Gasteiger partial charge is 0.364 e. The summed E-state index contributed by atoms with van der Waals surface area (Å²) in [6, 6.07) is 13.3. The molecule has 0 atom stereocenters. The van der Waals surface area contributed by atoms with Gasteiger partial charge in [-0.25, -0.2) is 0 Å². The summed E-state index contributed by atoms with van der Waals surface area (Å²) in [4.78, 5) is 12.2. The molecule has 1 heterocycles. The van der Waals surface area contributed by atoms with E-state index >= 15 is 0 Å². The lowest BCUT2D eigenvalue weighted by Crippen LogP contribution is -2.10. The van der Waals surface area contributed by atoms with Gasteiger partial charge >= 0.3 is 0 Å². The van der Waals surface area contributed by atoms with Crippen LogP contribution < -0.4 is 5.32 Å². The first-order chi connectivity index (χ1) is 12.3. The lowest BCUT2D eigenvalue weighted by Gasteiger charge is -2.09. The molecule has 0 bridgehead atoms. The molecule has 124 valence electrons. The number of ether oxygens (including phenoxy) is 1. The lowest BCUT2D eigenvalue weighted by molar-refractivity contribution is -0.111. The van der Waals surface area contributed by atoms with E-state index in [0.29, 0.717) is 12.3 Å². The predicted molar refractivity (Wildman–Crippen MR) is 98.7 cm³/mol. The summed E-state index contributed by atoms with van der Waals surface area (Å²) in [7, 11) is 0. The van der Waals surface area contributed by atoms with E-state index in [1.165, 1.54) is 6.08 Å². The van der Waals surface area contributed by atoms with Gasteiger partial charge < -0.3 is 10.1 Å². The summed E-state index contributed by atoms with van der Waals surface area (Å²) < 4.78 is 5.34. The maximum absolute atomic E-state index is 12.2. The molecule has 0 saturated heterocycles. The summed E-state index contributed by atoms with van der Waals surface area (Å²) in [5, 5.41) is 10.8. The van der Waals surface area contributed by atoms with Crippen molar-refractivity contribution in [3.63, 3.8) is 0 Å². The smallest absolute Gasteiger partial charge is 0.248 e. The molecule has 0 radical (unpaired) electrons. The molecule has 25 heavy (non-hydrogen) atoms. The van der Waals surface area contributed by atoms with Crippen LogP contribution in [0.2, 0.25) is 0 Å². The van der Waals surface area contributed by atoms with Gasteiger partial charge in [-0.2, -0.15) is 5.10 Å². The van der Waals surface area contributed by atoms with E-state index in [1.54, 1.807) is 12.3 Å². The number of hydrogen-bond acceptors (Lipinski definition) is 3. The summed E-state index contributed by atoms with van der Waals surface area (Å²) in [5.74, 6) is 2.21. The number of benzene rings is 2. The predicted octanol–water partition coefficient (Wildman–Crippen LogP) is 3.36. The minimum Gasteiger partial charge on any atom is -0.364 e. The molecule has 0 aliphatic carbocycles. The van der Waals surface area contributed by atoms with Crippen LogP contribution in [0.15, 0.2) is 54.7 Å². The average Bonchev–Trinajstić information content (AvgIpc) is 3.09. The number of carbonyl (C=O) groups excluding carboxylic acids is 1. The standard InChI is InChI=1S/C20H17N3O2/c1-2-11-25-14-17-5-3-4-6-18(17)22-20(24)10-8-15-7-9-16-13-21-23-19(16)12-15/h1,3-10,12-13H,11,14H2,(H,21,23)(H,22,24)/b10-8+. The number of nitrogens with one attached hydrogen (secondary N) is 2. The molecule has 0 spiro atoms. The van der Waals surface area contributed by atoms with Gasteiger partial charge in [0.25, 0.3) is 0 Å². The first kappa shape index (κ1) is 16.5. The van der Waals surface area contributed by atoms with Gasteiger partial charge in [-0.05, 0) is 23.8 Å². The first-order valence-electron chi connectivity index (χ1n) is 7.77. The Kier molecular flexibility index (Phi) is 5.25. The third-order valence-electron chi connectivity index (χ3n) is 3.61. The summed E-state index contributed by atoms with van der Waals surface area (Å²) >= 11 is 0. The molecule has 5 heteroatoms. The Balaban J connectivity index is 1.67. The van der Waals surface area contributed by atoms with Gasteiger partial charge in [0.1, 0.15) is 6.61 Å². The van der Waals surface area contributed by atoms with Crippen LogP contribution in [0, 0.1) is 12.3 Å². The van der Waals surface area contributed by atoms with Crippen LogP contribution in [0.5, 0.6) is 0 Å². The second-order valence-electron chi connectivity index (χ2n) is 5.39. The summed E-state index contributed by atoms with van der Waals surface area (Å²) in [6.45, 7) is 0.582. The Hall–Kier alpha value is -3.36. The highest BCUT2D eigenvalue weighted by molar-refractivity contribution is 6.02. The third kappa shape index (κ3) is 4.34. The molecule has 2 aromatic carbocycles. The average molecular weight is 331 g/mol. The molecule has 0 fully saturated rings. The van der Waals surface area contributed by atoms with Gasteiger partial charge in [0.2, 0.25) is 5.91 Å². The number of H-pyrrole nitrogens is 1. The topological polar surface area (TPSA) is 67.0 Å². The zero-order valence-electron chi connectivity index (χ0n) is 13.5. The maximum atomic E-state index is 12.2. The highest BCUT2D eigenvalue weighted by Gasteiger charge is 2.04. The highest BCUT2D eigenvalue weighted by atomic mass is 16.5. The monoisotopic (exact) mass is 331 g/mol. The first-order valence-corrected chi connectivity index (χ1v) is 7.77. The van der Waals surface area contributed by atoms with Crippen LogP contribution in [0.25, 0.3) is 17.0 Å². The van der Waals surface area contributed by atoms with Gasteiger partial charge in [0.05, 0.1) is 18.3 Å². The van der Waals surface area contributed by atoms with Crippen molar-refractivity contribution >= 4 is 28.6 Å². The van der Waals surface area contributed by atoms with Crippen LogP contribution in [0.1, 0.15) is 11.1 Å². The quantitative estimate of drug-likeness (QED) is 0.413. The van der Waals surface area contributed by atoms with Crippen LogP contribution in [-0.2, 0) is 16.1 Å². The molecule has 0 aliphatic heterocycles. The number of amides is 1.